The number of anilines is 1. The Morgan fingerprint density at radius 2 is 2.15 bits per heavy atom. The largest absolute Gasteiger partial charge is 0.441 e. The van der Waals surface area contributed by atoms with Crippen LogP contribution in [0.25, 0.3) is 11.4 Å². The number of hydrogen-bond donors (Lipinski definition) is 2. The predicted molar refractivity (Wildman–Crippen MR) is 90.0 cm³/mol. The second-order valence-corrected chi connectivity index (χ2v) is 5.99. The maximum absolute atomic E-state index is 13.6. The number of ether oxygens (including phenoxy) is 1. The lowest BCUT2D eigenvalue weighted by molar-refractivity contribution is 0.0999. The maximum atomic E-state index is 13.6. The quantitative estimate of drug-likeness (QED) is 0.868. The zero-order chi connectivity index (χ0) is 18.1. The van der Waals surface area contributed by atoms with Crippen LogP contribution in [0.1, 0.15) is 6.42 Å². The van der Waals surface area contributed by atoms with Gasteiger partial charge in [-0.15, -0.1) is 5.10 Å². The number of pyridine rings is 1. The lowest BCUT2D eigenvalue weighted by Crippen LogP contribution is -2.43. The third-order valence-corrected chi connectivity index (χ3v) is 4.28. The Balaban J connectivity index is 1.47. The second-order valence-electron chi connectivity index (χ2n) is 5.99. The fourth-order valence-electron chi connectivity index (χ4n) is 2.88. The summed E-state index contributed by atoms with van der Waals surface area (Å²) >= 11 is 0. The molecule has 3 atom stereocenters. The molecule has 1 fully saturated rings. The molecule has 3 unspecified atom stereocenters. The Hall–Kier alpha value is -3.07. The van der Waals surface area contributed by atoms with Gasteiger partial charge in [0.05, 0.1) is 0 Å². The molecule has 8 nitrogen and oxygen atoms in total. The number of aliphatic hydroxyl groups excluding tert-OH is 1. The van der Waals surface area contributed by atoms with E-state index in [1.807, 2.05) is 0 Å². The normalized spacial score (nSPS) is 25.8. The highest BCUT2D eigenvalue weighted by atomic mass is 19.1. The Kier molecular flexibility index (Phi) is 4.21. The number of amides is 1. The van der Waals surface area contributed by atoms with Gasteiger partial charge in [-0.1, -0.05) is 12.2 Å². The lowest BCUT2D eigenvalue weighted by atomic mass is 9.97. The van der Waals surface area contributed by atoms with Crippen molar-refractivity contribution >= 4 is 12.0 Å². The molecule has 2 aliphatic rings. The number of H-pyrrole nitrogens is 1. The third-order valence-electron chi connectivity index (χ3n) is 4.28. The smallest absolute Gasteiger partial charge is 0.417 e. The maximum Gasteiger partial charge on any atom is 0.417 e. The van der Waals surface area contributed by atoms with Crippen LogP contribution in [0.4, 0.5) is 15.1 Å². The van der Waals surface area contributed by atoms with Crippen molar-refractivity contribution in [2.75, 3.05) is 11.4 Å². The van der Waals surface area contributed by atoms with Gasteiger partial charge in [-0.05, 0) is 23.8 Å². The number of aromatic nitrogens is 4. The van der Waals surface area contributed by atoms with Gasteiger partial charge in [0.15, 0.2) is 5.82 Å². The number of aromatic amines is 1. The fraction of sp³-hybridized carbons (Fsp3) is 0.294. The van der Waals surface area contributed by atoms with Gasteiger partial charge in [-0.2, -0.15) is 4.98 Å². The number of alkyl halides is 1. The minimum atomic E-state index is -1.50. The molecular weight excluding hydrogens is 341 g/mol. The van der Waals surface area contributed by atoms with E-state index in [0.717, 1.165) is 5.56 Å². The fourth-order valence-corrected chi connectivity index (χ4v) is 2.88. The van der Waals surface area contributed by atoms with Crippen LogP contribution in [0.2, 0.25) is 0 Å². The summed E-state index contributed by atoms with van der Waals surface area (Å²) in [4.78, 5) is 21.9. The summed E-state index contributed by atoms with van der Waals surface area (Å²) < 4.78 is 19.0. The molecule has 1 amide bonds. The van der Waals surface area contributed by atoms with Crippen LogP contribution in [-0.4, -0.2) is 56.3 Å². The molecule has 0 spiro atoms. The van der Waals surface area contributed by atoms with E-state index in [1.54, 1.807) is 30.6 Å². The van der Waals surface area contributed by atoms with Crippen molar-refractivity contribution in [3.05, 3.63) is 48.3 Å². The van der Waals surface area contributed by atoms with Crippen molar-refractivity contribution in [3.8, 4) is 11.4 Å². The minimum Gasteiger partial charge on any atom is -0.441 e. The zero-order valence-corrected chi connectivity index (χ0v) is 13.6. The predicted octanol–water partition coefficient (Wildman–Crippen LogP) is 1.78. The summed E-state index contributed by atoms with van der Waals surface area (Å²) in [6.07, 6.45) is 4.15. The minimum absolute atomic E-state index is 0.215. The van der Waals surface area contributed by atoms with Gasteiger partial charge >= 0.3 is 6.09 Å². The van der Waals surface area contributed by atoms with Gasteiger partial charge in [0.25, 0.3) is 5.95 Å². The highest BCUT2D eigenvalue weighted by Gasteiger charge is 2.33. The molecule has 3 heterocycles. The first-order valence-corrected chi connectivity index (χ1v) is 8.15. The molecule has 2 N–H and O–H groups in total. The average Bonchev–Trinajstić information content (AvgIpc) is 3.14. The van der Waals surface area contributed by atoms with Crippen molar-refractivity contribution in [1.29, 1.82) is 0 Å². The number of aliphatic hydroxyl groups is 1. The van der Waals surface area contributed by atoms with Gasteiger partial charge in [0.1, 0.15) is 18.4 Å². The van der Waals surface area contributed by atoms with E-state index in [-0.39, 0.29) is 5.95 Å². The van der Waals surface area contributed by atoms with Crippen LogP contribution in [0.5, 0.6) is 0 Å². The zero-order valence-electron chi connectivity index (χ0n) is 13.6. The standard InChI is InChI=1S/C17H16FN5O3/c18-12-9-11(1-2-13(12)24)14-5-8-23(17(25)26-14)16-20-15(21-22-16)10-3-6-19-7-4-10/h1-4,6-7,9,12-14,24H,5,8H2,(H,20,21,22). The summed E-state index contributed by atoms with van der Waals surface area (Å²) in [5.41, 5.74) is 1.34. The molecule has 2 aromatic heterocycles. The van der Waals surface area contributed by atoms with Crippen LogP contribution >= 0.6 is 0 Å². The van der Waals surface area contributed by atoms with Crippen molar-refractivity contribution in [2.24, 2.45) is 0 Å². The molecular formula is C17H16FN5O3. The first kappa shape index (κ1) is 16.4. The van der Waals surface area contributed by atoms with E-state index < -0.39 is 24.5 Å². The second kappa shape index (κ2) is 6.68. The molecule has 4 rings (SSSR count). The molecule has 1 aliphatic carbocycles. The van der Waals surface area contributed by atoms with Crippen LogP contribution in [0.3, 0.4) is 0 Å². The highest BCUT2D eigenvalue weighted by Crippen LogP contribution is 2.26. The monoisotopic (exact) mass is 357 g/mol. The summed E-state index contributed by atoms with van der Waals surface area (Å²) in [6, 6.07) is 3.55. The summed E-state index contributed by atoms with van der Waals surface area (Å²) in [5, 5.41) is 16.2. The molecule has 0 radical (unpaired) electrons. The molecule has 0 bridgehead atoms. The van der Waals surface area contributed by atoms with Crippen molar-refractivity contribution in [2.45, 2.75) is 24.8 Å². The van der Waals surface area contributed by atoms with E-state index in [9.17, 15) is 14.3 Å². The molecule has 26 heavy (non-hydrogen) atoms. The van der Waals surface area contributed by atoms with Crippen molar-refractivity contribution in [3.63, 3.8) is 0 Å². The van der Waals surface area contributed by atoms with Gasteiger partial charge in [0.2, 0.25) is 0 Å². The van der Waals surface area contributed by atoms with E-state index in [0.29, 0.717) is 24.4 Å². The van der Waals surface area contributed by atoms with Gasteiger partial charge in [-0.25, -0.2) is 14.1 Å². The first-order valence-electron chi connectivity index (χ1n) is 8.15. The molecule has 1 saturated heterocycles. The lowest BCUT2D eigenvalue weighted by Gasteiger charge is -2.31. The number of carbonyl (C=O) groups is 1. The van der Waals surface area contributed by atoms with Gasteiger partial charge < -0.3 is 9.84 Å². The molecule has 2 aromatic rings. The summed E-state index contributed by atoms with van der Waals surface area (Å²) in [7, 11) is 0. The number of hydrogen-bond acceptors (Lipinski definition) is 6. The van der Waals surface area contributed by atoms with E-state index in [2.05, 4.69) is 20.2 Å². The number of carbonyl (C=O) groups excluding carboxylic acids is 1. The van der Waals surface area contributed by atoms with Crippen LogP contribution in [0.15, 0.2) is 48.3 Å². The number of rotatable bonds is 3. The number of cyclic esters (lactones) is 1. The average molecular weight is 357 g/mol. The van der Waals surface area contributed by atoms with Crippen molar-refractivity contribution < 1.29 is 19.0 Å². The molecule has 9 heteroatoms. The number of nitrogens with zero attached hydrogens (tertiary/aromatic N) is 4. The Morgan fingerprint density at radius 1 is 1.35 bits per heavy atom. The summed E-state index contributed by atoms with van der Waals surface area (Å²) in [6.45, 7) is 0.335. The van der Waals surface area contributed by atoms with Crippen LogP contribution in [0, 0.1) is 0 Å². The first-order chi connectivity index (χ1) is 12.6. The van der Waals surface area contributed by atoms with E-state index in [4.69, 9.17) is 4.74 Å². The van der Waals surface area contributed by atoms with Gasteiger partial charge in [0, 0.05) is 30.9 Å². The topological polar surface area (TPSA) is 104 Å². The number of halogens is 1. The number of nitrogens with one attached hydrogen (secondary N) is 1. The van der Waals surface area contributed by atoms with Crippen LogP contribution in [-0.2, 0) is 4.74 Å². The molecule has 0 aromatic carbocycles. The SMILES string of the molecule is O=C1OC(C2=CC(F)C(O)C=C2)CCN1c1n[nH]c(-c2ccncc2)n1. The van der Waals surface area contributed by atoms with E-state index in [1.165, 1.54) is 17.1 Å². The molecule has 134 valence electrons. The Bertz CT molecular complexity index is 866. The van der Waals surface area contributed by atoms with Crippen LogP contribution < -0.4 is 4.90 Å². The highest BCUT2D eigenvalue weighted by molar-refractivity contribution is 5.86. The molecule has 1 aliphatic heterocycles. The molecule has 0 saturated carbocycles. The third kappa shape index (κ3) is 3.08. The van der Waals surface area contributed by atoms with E-state index >= 15 is 0 Å². The van der Waals surface area contributed by atoms with Crippen molar-refractivity contribution in [1.82, 2.24) is 20.2 Å². The van der Waals surface area contributed by atoms with Gasteiger partial charge in [-0.3, -0.25) is 10.1 Å². The Morgan fingerprint density at radius 3 is 2.88 bits per heavy atom. The summed E-state index contributed by atoms with van der Waals surface area (Å²) in [5.74, 6) is 0.733. The Labute approximate surface area is 148 Å².